The van der Waals surface area contributed by atoms with Gasteiger partial charge in [0.1, 0.15) is 5.69 Å². The van der Waals surface area contributed by atoms with Gasteiger partial charge in [-0.15, -0.1) is 0 Å². The maximum absolute atomic E-state index is 12.5. The lowest BCUT2D eigenvalue weighted by Gasteiger charge is -2.27. The predicted molar refractivity (Wildman–Crippen MR) is 97.2 cm³/mol. The molecule has 0 unspecified atom stereocenters. The lowest BCUT2D eigenvalue weighted by Crippen LogP contribution is -2.31. The molecule has 2 heterocycles. The summed E-state index contributed by atoms with van der Waals surface area (Å²) in [7, 11) is 0. The molecule has 1 aromatic carbocycles. The van der Waals surface area contributed by atoms with Crippen LogP contribution in [0.15, 0.2) is 24.3 Å². The molecule has 0 radical (unpaired) electrons. The fraction of sp³-hybridized carbons (Fsp3) is 0.353. The van der Waals surface area contributed by atoms with E-state index >= 15 is 0 Å². The monoisotopic (exact) mass is 364 g/mol. The van der Waals surface area contributed by atoms with Crippen LogP contribution in [0.25, 0.3) is 0 Å². The van der Waals surface area contributed by atoms with Gasteiger partial charge in [0.15, 0.2) is 0 Å². The van der Waals surface area contributed by atoms with Crippen molar-refractivity contribution in [2.24, 2.45) is 0 Å². The molecule has 24 heavy (non-hydrogen) atoms. The van der Waals surface area contributed by atoms with E-state index in [0.717, 1.165) is 31.6 Å². The maximum Gasteiger partial charge on any atom is 0.274 e. The Bertz CT molecular complexity index is 760. The first-order valence-electron chi connectivity index (χ1n) is 7.90. The molecule has 0 aliphatic carbocycles. The van der Waals surface area contributed by atoms with E-state index in [0.29, 0.717) is 27.4 Å². The molecule has 1 aliphatic rings. The molecule has 1 N–H and O–H groups in total. The van der Waals surface area contributed by atoms with E-state index in [4.69, 9.17) is 23.2 Å². The van der Waals surface area contributed by atoms with Crippen LogP contribution in [-0.2, 0) is 0 Å². The summed E-state index contributed by atoms with van der Waals surface area (Å²) in [6.45, 7) is 3.72. The number of benzene rings is 1. The molecule has 5 nitrogen and oxygen atoms in total. The number of nitrogens with one attached hydrogen (secondary N) is 1. The summed E-state index contributed by atoms with van der Waals surface area (Å²) in [5, 5.41) is 3.63. The van der Waals surface area contributed by atoms with Crippen LogP contribution in [-0.4, -0.2) is 29.0 Å². The van der Waals surface area contributed by atoms with Gasteiger partial charge in [0, 0.05) is 24.5 Å². The first-order chi connectivity index (χ1) is 11.5. The zero-order valence-electron chi connectivity index (χ0n) is 13.4. The fourth-order valence-electron chi connectivity index (χ4n) is 2.67. The standard InChI is InChI=1S/C17H18Cl2N4O/c1-11-9-15(22-17(20-11)23-7-3-2-4-8-23)16(24)21-12-5-6-13(18)14(19)10-12/h5-6,9-10H,2-4,7-8H2,1H3,(H,21,24). The van der Waals surface area contributed by atoms with Gasteiger partial charge in [-0.1, -0.05) is 23.2 Å². The van der Waals surface area contributed by atoms with Gasteiger partial charge in [-0.3, -0.25) is 4.79 Å². The van der Waals surface area contributed by atoms with Crippen LogP contribution in [0.4, 0.5) is 11.6 Å². The molecule has 1 fully saturated rings. The Morgan fingerprint density at radius 2 is 1.83 bits per heavy atom. The lowest BCUT2D eigenvalue weighted by molar-refractivity contribution is 0.102. The third kappa shape index (κ3) is 3.97. The normalized spacial score (nSPS) is 14.5. The number of nitrogens with zero attached hydrogens (tertiary/aromatic N) is 3. The first kappa shape index (κ1) is 17.0. The number of anilines is 2. The molecular formula is C17H18Cl2N4O. The number of hydrogen-bond acceptors (Lipinski definition) is 4. The van der Waals surface area contributed by atoms with E-state index in [1.165, 1.54) is 6.42 Å². The smallest absolute Gasteiger partial charge is 0.274 e. The summed E-state index contributed by atoms with van der Waals surface area (Å²) in [6, 6.07) is 6.64. The van der Waals surface area contributed by atoms with Crippen LogP contribution in [0, 0.1) is 6.92 Å². The molecule has 3 rings (SSSR count). The van der Waals surface area contributed by atoms with Crippen molar-refractivity contribution in [3.63, 3.8) is 0 Å². The molecule has 2 aromatic rings. The summed E-state index contributed by atoms with van der Waals surface area (Å²) in [6.07, 6.45) is 3.48. The maximum atomic E-state index is 12.5. The Balaban J connectivity index is 1.81. The number of rotatable bonds is 3. The highest BCUT2D eigenvalue weighted by atomic mass is 35.5. The highest BCUT2D eigenvalue weighted by Crippen LogP contribution is 2.25. The van der Waals surface area contributed by atoms with Crippen molar-refractivity contribution in [3.05, 3.63) is 45.7 Å². The topological polar surface area (TPSA) is 58.1 Å². The van der Waals surface area contributed by atoms with E-state index in [1.54, 1.807) is 24.3 Å². The molecule has 1 amide bonds. The predicted octanol–water partition coefficient (Wildman–Crippen LogP) is 4.33. The van der Waals surface area contributed by atoms with Crippen molar-refractivity contribution in [3.8, 4) is 0 Å². The van der Waals surface area contributed by atoms with Crippen molar-refractivity contribution in [2.75, 3.05) is 23.3 Å². The summed E-state index contributed by atoms with van der Waals surface area (Å²) < 4.78 is 0. The minimum absolute atomic E-state index is 0.294. The second-order valence-corrected chi connectivity index (χ2v) is 6.64. The number of halogens is 2. The molecule has 126 valence electrons. The molecule has 0 atom stereocenters. The van der Waals surface area contributed by atoms with Crippen LogP contribution in [0.1, 0.15) is 35.4 Å². The molecule has 1 saturated heterocycles. The summed E-state index contributed by atoms with van der Waals surface area (Å²) in [5.41, 5.74) is 1.68. The molecule has 0 saturated carbocycles. The van der Waals surface area contributed by atoms with Crippen LogP contribution in [0.3, 0.4) is 0 Å². The van der Waals surface area contributed by atoms with Crippen molar-refractivity contribution in [2.45, 2.75) is 26.2 Å². The molecule has 0 bridgehead atoms. The lowest BCUT2D eigenvalue weighted by atomic mass is 10.1. The van der Waals surface area contributed by atoms with Crippen molar-refractivity contribution in [1.82, 2.24) is 9.97 Å². The van der Waals surface area contributed by atoms with E-state index < -0.39 is 0 Å². The quantitative estimate of drug-likeness (QED) is 0.879. The third-order valence-electron chi connectivity index (χ3n) is 3.89. The van der Waals surface area contributed by atoms with E-state index in [-0.39, 0.29) is 5.91 Å². The Labute approximate surface area is 151 Å². The number of carbonyl (C=O) groups is 1. The Morgan fingerprint density at radius 3 is 2.54 bits per heavy atom. The Hall–Kier alpha value is -1.85. The number of hydrogen-bond donors (Lipinski definition) is 1. The summed E-state index contributed by atoms with van der Waals surface area (Å²) >= 11 is 11.9. The second-order valence-electron chi connectivity index (χ2n) is 5.83. The number of amides is 1. The van der Waals surface area contributed by atoms with Crippen molar-refractivity contribution in [1.29, 1.82) is 0 Å². The minimum Gasteiger partial charge on any atom is -0.341 e. The van der Waals surface area contributed by atoms with Gasteiger partial charge in [-0.05, 0) is 50.5 Å². The highest BCUT2D eigenvalue weighted by Gasteiger charge is 2.17. The van der Waals surface area contributed by atoms with Crippen LogP contribution >= 0.6 is 23.2 Å². The zero-order chi connectivity index (χ0) is 17.1. The van der Waals surface area contributed by atoms with Crippen molar-refractivity contribution < 1.29 is 4.79 Å². The van der Waals surface area contributed by atoms with Gasteiger partial charge >= 0.3 is 0 Å². The van der Waals surface area contributed by atoms with Crippen LogP contribution in [0.2, 0.25) is 10.0 Å². The average molecular weight is 365 g/mol. The summed E-state index contributed by atoms with van der Waals surface area (Å²) in [5.74, 6) is 0.325. The molecule has 1 aliphatic heterocycles. The van der Waals surface area contributed by atoms with E-state index in [9.17, 15) is 4.79 Å². The average Bonchev–Trinajstić information content (AvgIpc) is 2.58. The molecule has 1 aromatic heterocycles. The first-order valence-corrected chi connectivity index (χ1v) is 8.65. The van der Waals surface area contributed by atoms with E-state index in [1.807, 2.05) is 6.92 Å². The Kier molecular flexibility index (Phi) is 5.21. The molecule has 7 heteroatoms. The van der Waals surface area contributed by atoms with Gasteiger partial charge in [-0.25, -0.2) is 9.97 Å². The van der Waals surface area contributed by atoms with Gasteiger partial charge in [-0.2, -0.15) is 0 Å². The minimum atomic E-state index is -0.294. The zero-order valence-corrected chi connectivity index (χ0v) is 14.9. The van der Waals surface area contributed by atoms with Gasteiger partial charge in [0.2, 0.25) is 5.95 Å². The number of piperidine rings is 1. The largest absolute Gasteiger partial charge is 0.341 e. The van der Waals surface area contributed by atoms with Gasteiger partial charge in [0.25, 0.3) is 5.91 Å². The summed E-state index contributed by atoms with van der Waals surface area (Å²) in [4.78, 5) is 23.5. The number of aryl methyl sites for hydroxylation is 1. The second kappa shape index (κ2) is 7.36. The highest BCUT2D eigenvalue weighted by molar-refractivity contribution is 6.42. The number of aromatic nitrogens is 2. The van der Waals surface area contributed by atoms with Crippen molar-refractivity contribution >= 4 is 40.7 Å². The fourth-order valence-corrected chi connectivity index (χ4v) is 2.97. The van der Waals surface area contributed by atoms with E-state index in [2.05, 4.69) is 20.2 Å². The SMILES string of the molecule is Cc1cc(C(=O)Nc2ccc(Cl)c(Cl)c2)nc(N2CCCCC2)n1. The molecule has 0 spiro atoms. The Morgan fingerprint density at radius 1 is 1.08 bits per heavy atom. The van der Waals surface area contributed by atoms with Crippen LogP contribution in [0.5, 0.6) is 0 Å². The van der Waals surface area contributed by atoms with Gasteiger partial charge < -0.3 is 10.2 Å². The number of carbonyl (C=O) groups excluding carboxylic acids is 1. The molecular weight excluding hydrogens is 347 g/mol. The third-order valence-corrected chi connectivity index (χ3v) is 4.63. The van der Waals surface area contributed by atoms with Crippen LogP contribution < -0.4 is 10.2 Å². The van der Waals surface area contributed by atoms with Gasteiger partial charge in [0.05, 0.1) is 10.0 Å².